The van der Waals surface area contributed by atoms with Gasteiger partial charge < -0.3 is 4.74 Å². The number of nitrogens with one attached hydrogen (secondary N) is 1. The second-order valence-corrected chi connectivity index (χ2v) is 3.94. The van der Waals surface area contributed by atoms with Gasteiger partial charge >= 0.3 is 5.97 Å². The third-order valence-corrected chi connectivity index (χ3v) is 3.01. The summed E-state index contributed by atoms with van der Waals surface area (Å²) in [4.78, 5) is 11.8. The van der Waals surface area contributed by atoms with Gasteiger partial charge in [0, 0.05) is 0 Å². The minimum Gasteiger partial charge on any atom is -0.467 e. The molecule has 2 rings (SSSR count). The Morgan fingerprint density at radius 1 is 1.56 bits per heavy atom. The van der Waals surface area contributed by atoms with E-state index in [0.717, 1.165) is 13.0 Å². The first-order chi connectivity index (χ1) is 7.69. The molecule has 0 bridgehead atoms. The van der Waals surface area contributed by atoms with Crippen LogP contribution in [-0.4, -0.2) is 19.6 Å². The van der Waals surface area contributed by atoms with Crippen molar-refractivity contribution >= 4 is 5.97 Å². The number of carbonyl (C=O) groups is 1. The zero-order valence-electron chi connectivity index (χ0n) is 9.13. The van der Waals surface area contributed by atoms with Crippen LogP contribution in [0.4, 0.5) is 4.39 Å². The Kier molecular flexibility index (Phi) is 2.92. The highest BCUT2D eigenvalue weighted by Gasteiger charge is 2.43. The topological polar surface area (TPSA) is 38.3 Å². The van der Waals surface area contributed by atoms with Gasteiger partial charge in [-0.15, -0.1) is 0 Å². The van der Waals surface area contributed by atoms with E-state index in [1.807, 2.05) is 0 Å². The summed E-state index contributed by atoms with van der Waals surface area (Å²) in [6.07, 6.45) is 1.52. The SMILES string of the molecule is COC(=O)C1(c2cccc(F)c2)CCCN1. The van der Waals surface area contributed by atoms with Crippen LogP contribution in [0.1, 0.15) is 18.4 Å². The van der Waals surface area contributed by atoms with Crippen LogP contribution in [0.25, 0.3) is 0 Å². The molecule has 0 spiro atoms. The lowest BCUT2D eigenvalue weighted by Crippen LogP contribution is -2.45. The maximum Gasteiger partial charge on any atom is 0.330 e. The lowest BCUT2D eigenvalue weighted by molar-refractivity contribution is -0.148. The molecule has 1 heterocycles. The normalized spacial score (nSPS) is 24.4. The Bertz CT molecular complexity index is 400. The van der Waals surface area contributed by atoms with Gasteiger partial charge in [0.15, 0.2) is 0 Å². The van der Waals surface area contributed by atoms with Gasteiger partial charge in [-0.25, -0.2) is 9.18 Å². The van der Waals surface area contributed by atoms with Crippen molar-refractivity contribution in [3.8, 4) is 0 Å². The van der Waals surface area contributed by atoms with E-state index in [2.05, 4.69) is 5.32 Å². The van der Waals surface area contributed by atoms with Crippen LogP contribution in [0.15, 0.2) is 24.3 Å². The monoisotopic (exact) mass is 223 g/mol. The highest BCUT2D eigenvalue weighted by atomic mass is 19.1. The molecule has 0 aromatic heterocycles. The lowest BCUT2D eigenvalue weighted by Gasteiger charge is -2.26. The third kappa shape index (κ3) is 1.69. The molecule has 1 fully saturated rings. The standard InChI is InChI=1S/C12H14FNO2/c1-16-11(15)12(6-3-7-14-12)9-4-2-5-10(13)8-9/h2,4-5,8,14H,3,6-7H2,1H3. The molecule has 1 aromatic carbocycles. The molecule has 1 aliphatic rings. The van der Waals surface area contributed by atoms with Crippen LogP contribution >= 0.6 is 0 Å². The number of hydrogen-bond donors (Lipinski definition) is 1. The van der Waals surface area contributed by atoms with Crippen molar-refractivity contribution in [3.63, 3.8) is 0 Å². The van der Waals surface area contributed by atoms with Crippen molar-refractivity contribution in [1.29, 1.82) is 0 Å². The summed E-state index contributed by atoms with van der Waals surface area (Å²) in [6.45, 7) is 0.742. The zero-order chi connectivity index (χ0) is 11.6. The van der Waals surface area contributed by atoms with Crippen molar-refractivity contribution in [1.82, 2.24) is 5.32 Å². The van der Waals surface area contributed by atoms with Gasteiger partial charge in [-0.05, 0) is 37.1 Å². The molecule has 1 aromatic rings. The van der Waals surface area contributed by atoms with Gasteiger partial charge in [-0.1, -0.05) is 12.1 Å². The Labute approximate surface area is 93.6 Å². The zero-order valence-corrected chi connectivity index (χ0v) is 9.13. The molecule has 1 saturated heterocycles. The molecule has 1 atom stereocenters. The highest BCUT2D eigenvalue weighted by molar-refractivity contribution is 5.83. The summed E-state index contributed by atoms with van der Waals surface area (Å²) in [5.41, 5.74) is -0.228. The number of ether oxygens (including phenoxy) is 1. The first-order valence-corrected chi connectivity index (χ1v) is 5.28. The van der Waals surface area contributed by atoms with Crippen LogP contribution in [0.2, 0.25) is 0 Å². The number of methoxy groups -OCH3 is 1. The molecule has 86 valence electrons. The van der Waals surface area contributed by atoms with Crippen molar-refractivity contribution in [2.24, 2.45) is 0 Å². The summed E-state index contributed by atoms with van der Waals surface area (Å²) in [5.74, 6) is -0.690. The van der Waals surface area contributed by atoms with Crippen LogP contribution in [0, 0.1) is 5.82 Å². The maximum atomic E-state index is 13.2. The number of carbonyl (C=O) groups excluding carboxylic acids is 1. The van der Waals surface area contributed by atoms with E-state index in [9.17, 15) is 9.18 Å². The van der Waals surface area contributed by atoms with Crippen LogP contribution in [0.5, 0.6) is 0 Å². The van der Waals surface area contributed by atoms with Crippen molar-refractivity contribution in [3.05, 3.63) is 35.6 Å². The molecular formula is C12H14FNO2. The average Bonchev–Trinajstić information content (AvgIpc) is 2.78. The van der Waals surface area contributed by atoms with E-state index < -0.39 is 5.54 Å². The summed E-state index contributed by atoms with van der Waals surface area (Å²) >= 11 is 0. The lowest BCUT2D eigenvalue weighted by atomic mass is 9.88. The van der Waals surface area contributed by atoms with Gasteiger partial charge in [0.05, 0.1) is 7.11 Å². The van der Waals surface area contributed by atoms with Gasteiger partial charge in [0.2, 0.25) is 0 Å². The fourth-order valence-electron chi connectivity index (χ4n) is 2.21. The van der Waals surface area contributed by atoms with Gasteiger partial charge in [-0.3, -0.25) is 5.32 Å². The molecule has 0 amide bonds. The molecule has 3 nitrogen and oxygen atoms in total. The van der Waals surface area contributed by atoms with Crippen LogP contribution in [0.3, 0.4) is 0 Å². The van der Waals surface area contributed by atoms with Crippen LogP contribution in [-0.2, 0) is 15.1 Å². The molecule has 0 radical (unpaired) electrons. The second-order valence-electron chi connectivity index (χ2n) is 3.94. The molecule has 1 aliphatic heterocycles. The quantitative estimate of drug-likeness (QED) is 0.773. The predicted octanol–water partition coefficient (Wildman–Crippen LogP) is 1.58. The minimum atomic E-state index is -0.864. The minimum absolute atomic E-state index is 0.338. The first-order valence-electron chi connectivity index (χ1n) is 5.28. The largest absolute Gasteiger partial charge is 0.467 e. The molecular weight excluding hydrogens is 209 g/mol. The van der Waals surface area contributed by atoms with Gasteiger partial charge in [-0.2, -0.15) is 0 Å². The van der Waals surface area contributed by atoms with Gasteiger partial charge in [0.1, 0.15) is 11.4 Å². The number of halogens is 1. The van der Waals surface area contributed by atoms with Gasteiger partial charge in [0.25, 0.3) is 0 Å². The maximum absolute atomic E-state index is 13.2. The Balaban J connectivity index is 2.43. The van der Waals surface area contributed by atoms with E-state index in [1.54, 1.807) is 12.1 Å². The van der Waals surface area contributed by atoms with Crippen molar-refractivity contribution < 1.29 is 13.9 Å². The summed E-state index contributed by atoms with van der Waals surface area (Å²) in [6, 6.07) is 6.10. The van der Waals surface area contributed by atoms with E-state index in [-0.39, 0.29) is 11.8 Å². The molecule has 1 N–H and O–H groups in total. The van der Waals surface area contributed by atoms with E-state index >= 15 is 0 Å². The van der Waals surface area contributed by atoms with Crippen LogP contribution < -0.4 is 5.32 Å². The smallest absolute Gasteiger partial charge is 0.330 e. The van der Waals surface area contributed by atoms with Crippen molar-refractivity contribution in [2.75, 3.05) is 13.7 Å². The fraction of sp³-hybridized carbons (Fsp3) is 0.417. The molecule has 4 heteroatoms. The number of esters is 1. The molecule has 1 unspecified atom stereocenters. The second kappa shape index (κ2) is 4.22. The molecule has 0 aliphatic carbocycles. The van der Waals surface area contributed by atoms with E-state index in [1.165, 1.54) is 19.2 Å². The molecule has 0 saturated carbocycles. The Hall–Kier alpha value is -1.42. The fourth-order valence-corrected chi connectivity index (χ4v) is 2.21. The number of benzene rings is 1. The predicted molar refractivity (Wildman–Crippen MR) is 57.3 cm³/mol. The summed E-state index contributed by atoms with van der Waals surface area (Å²) in [7, 11) is 1.35. The number of rotatable bonds is 2. The average molecular weight is 223 g/mol. The summed E-state index contributed by atoms with van der Waals surface area (Å²) in [5, 5.41) is 3.12. The van der Waals surface area contributed by atoms with E-state index in [0.29, 0.717) is 12.0 Å². The third-order valence-electron chi connectivity index (χ3n) is 3.01. The van der Waals surface area contributed by atoms with Crippen molar-refractivity contribution in [2.45, 2.75) is 18.4 Å². The highest BCUT2D eigenvalue weighted by Crippen LogP contribution is 2.32. The summed E-state index contributed by atoms with van der Waals surface area (Å²) < 4.78 is 18.0. The number of hydrogen-bond acceptors (Lipinski definition) is 3. The van der Waals surface area contributed by atoms with E-state index in [4.69, 9.17) is 4.74 Å². The Morgan fingerprint density at radius 2 is 2.38 bits per heavy atom. The Morgan fingerprint density at radius 3 is 2.94 bits per heavy atom. The molecule has 16 heavy (non-hydrogen) atoms. The first kappa shape index (κ1) is 11.1.